The van der Waals surface area contributed by atoms with E-state index in [0.29, 0.717) is 30.0 Å². The normalized spacial score (nSPS) is 17.3. The van der Waals surface area contributed by atoms with Crippen molar-refractivity contribution in [1.82, 2.24) is 15.6 Å². The minimum absolute atomic E-state index is 0.00583. The number of ether oxygens (including phenoxy) is 1. The number of aliphatic hydroxyl groups excluding tert-OH is 1. The Balaban J connectivity index is 1.52. The number of rotatable bonds is 17. The standard InChI is InChI=1S/C34H42F5N5O5S/c1-20(2)50(47,48)44(4)32-13-23(12-31(43-32)41-18-24-10-21(24)3)33(46)42-29(19-49-28-15-26(35)14-27(36)16-28)30(45)8-9-40-17-22-6-5-7-25(11-22)34(37,38)39/h5-7,11-16,20-21,24,29-30,40,45H,8-10,17-19H2,1-4H3,(H,41,43)(H,42,46). The van der Waals surface area contributed by atoms with Crippen LogP contribution in [0.3, 0.4) is 0 Å². The van der Waals surface area contributed by atoms with E-state index < -0.39 is 63.3 Å². The van der Waals surface area contributed by atoms with Crippen molar-refractivity contribution in [2.24, 2.45) is 11.8 Å². The SMILES string of the molecule is CC1CC1CNc1cc(C(=O)NC(COc2cc(F)cc(F)c2)C(O)CCNCc2cccc(C(F)(F)F)c2)cc(N(C)S(=O)(=O)C(C)C)n1. The van der Waals surface area contributed by atoms with E-state index in [4.69, 9.17) is 4.74 Å². The molecule has 4 atom stereocenters. The molecule has 1 aromatic heterocycles. The Hall–Kier alpha value is -4.02. The number of sulfonamides is 1. The molecule has 1 heterocycles. The highest BCUT2D eigenvalue weighted by molar-refractivity contribution is 7.93. The van der Waals surface area contributed by atoms with Gasteiger partial charge in [-0.1, -0.05) is 25.1 Å². The largest absolute Gasteiger partial charge is 0.491 e. The summed E-state index contributed by atoms with van der Waals surface area (Å²) in [5.41, 5.74) is -0.406. The minimum Gasteiger partial charge on any atom is -0.491 e. The fraction of sp³-hybridized carbons (Fsp3) is 0.471. The first-order valence-corrected chi connectivity index (χ1v) is 17.6. The van der Waals surface area contributed by atoms with Gasteiger partial charge in [0.1, 0.15) is 35.6 Å². The summed E-state index contributed by atoms with van der Waals surface area (Å²) >= 11 is 0. The van der Waals surface area contributed by atoms with E-state index in [0.717, 1.165) is 35.0 Å². The second-order valence-electron chi connectivity index (χ2n) is 12.7. The number of hydrogen-bond donors (Lipinski definition) is 4. The van der Waals surface area contributed by atoms with E-state index in [-0.39, 0.29) is 42.5 Å². The molecule has 0 radical (unpaired) electrons. The van der Waals surface area contributed by atoms with Crippen LogP contribution in [0.25, 0.3) is 0 Å². The molecule has 1 amide bonds. The molecule has 10 nitrogen and oxygen atoms in total. The average Bonchev–Trinajstić information content (AvgIpc) is 3.77. The van der Waals surface area contributed by atoms with Gasteiger partial charge >= 0.3 is 6.18 Å². The predicted octanol–water partition coefficient (Wildman–Crippen LogP) is 5.34. The number of anilines is 2. The number of nitrogens with zero attached hydrogens (tertiary/aromatic N) is 2. The van der Waals surface area contributed by atoms with Gasteiger partial charge in [0, 0.05) is 43.9 Å². The van der Waals surface area contributed by atoms with Gasteiger partial charge in [0.05, 0.1) is 23.0 Å². The Bertz CT molecular complexity index is 1720. The molecular formula is C34H42F5N5O5S. The lowest BCUT2D eigenvalue weighted by Gasteiger charge is -2.25. The number of nitrogens with one attached hydrogen (secondary N) is 3. The second kappa shape index (κ2) is 16.3. The van der Waals surface area contributed by atoms with E-state index in [9.17, 15) is 40.3 Å². The zero-order valence-electron chi connectivity index (χ0n) is 28.1. The van der Waals surface area contributed by atoms with Crippen LogP contribution >= 0.6 is 0 Å². The number of amides is 1. The summed E-state index contributed by atoms with van der Waals surface area (Å²) in [5.74, 6) is -1.53. The zero-order chi connectivity index (χ0) is 36.8. The van der Waals surface area contributed by atoms with Gasteiger partial charge in [-0.3, -0.25) is 9.10 Å². The van der Waals surface area contributed by atoms with E-state index in [1.54, 1.807) is 0 Å². The van der Waals surface area contributed by atoms with E-state index in [2.05, 4.69) is 27.9 Å². The molecule has 1 saturated carbocycles. The predicted molar refractivity (Wildman–Crippen MR) is 179 cm³/mol. The van der Waals surface area contributed by atoms with Crippen molar-refractivity contribution >= 4 is 27.6 Å². The molecule has 0 saturated heterocycles. The number of aliphatic hydroxyl groups is 1. The highest BCUT2D eigenvalue weighted by Gasteiger charge is 2.33. The fourth-order valence-electron chi connectivity index (χ4n) is 5.10. The molecule has 274 valence electrons. The minimum atomic E-state index is -4.50. The number of halogens is 5. The number of hydrogen-bond acceptors (Lipinski definition) is 8. The highest BCUT2D eigenvalue weighted by Crippen LogP contribution is 2.37. The molecule has 2 aromatic carbocycles. The van der Waals surface area contributed by atoms with Gasteiger partial charge in [0.2, 0.25) is 10.0 Å². The van der Waals surface area contributed by atoms with E-state index in [1.165, 1.54) is 45.2 Å². The number of carbonyl (C=O) groups is 1. The number of benzene rings is 2. The first-order valence-electron chi connectivity index (χ1n) is 16.1. The van der Waals surface area contributed by atoms with Gasteiger partial charge in [0.15, 0.2) is 0 Å². The second-order valence-corrected chi connectivity index (χ2v) is 15.3. The molecule has 50 heavy (non-hydrogen) atoms. The topological polar surface area (TPSA) is 133 Å². The highest BCUT2D eigenvalue weighted by atomic mass is 32.2. The van der Waals surface area contributed by atoms with Gasteiger partial charge in [-0.25, -0.2) is 22.2 Å². The smallest absolute Gasteiger partial charge is 0.416 e. The lowest BCUT2D eigenvalue weighted by molar-refractivity contribution is -0.137. The first-order chi connectivity index (χ1) is 23.4. The number of alkyl halides is 3. The average molecular weight is 728 g/mol. The molecule has 4 rings (SSSR count). The summed E-state index contributed by atoms with van der Waals surface area (Å²) in [7, 11) is -2.48. The molecule has 3 aromatic rings. The lowest BCUT2D eigenvalue weighted by atomic mass is 10.1. The zero-order valence-corrected chi connectivity index (χ0v) is 28.9. The van der Waals surface area contributed by atoms with Crippen molar-refractivity contribution in [2.45, 2.75) is 63.7 Å². The molecule has 1 aliphatic rings. The molecule has 0 spiro atoms. The number of pyridine rings is 1. The molecule has 4 N–H and O–H groups in total. The Morgan fingerprint density at radius 2 is 1.78 bits per heavy atom. The van der Waals surface area contributed by atoms with Crippen molar-refractivity contribution in [3.63, 3.8) is 0 Å². The molecule has 0 bridgehead atoms. The summed E-state index contributed by atoms with van der Waals surface area (Å²) in [4.78, 5) is 18.1. The van der Waals surface area contributed by atoms with E-state index in [1.807, 2.05) is 0 Å². The van der Waals surface area contributed by atoms with Crippen molar-refractivity contribution in [2.75, 3.05) is 36.4 Å². The van der Waals surface area contributed by atoms with Crippen LogP contribution in [0.2, 0.25) is 0 Å². The van der Waals surface area contributed by atoms with Crippen molar-refractivity contribution in [3.05, 3.63) is 82.9 Å². The Kier molecular flexibility index (Phi) is 12.7. The summed E-state index contributed by atoms with van der Waals surface area (Å²) in [6.45, 7) is 5.45. The van der Waals surface area contributed by atoms with Gasteiger partial charge in [-0.15, -0.1) is 0 Å². The summed E-state index contributed by atoms with van der Waals surface area (Å²) in [6, 6.07) is 8.91. The first kappa shape index (κ1) is 38.8. The Labute approximate surface area is 288 Å². The van der Waals surface area contributed by atoms with Crippen LogP contribution in [0.15, 0.2) is 54.6 Å². The summed E-state index contributed by atoms with van der Waals surface area (Å²) < 4.78 is 99.4. The van der Waals surface area contributed by atoms with Crippen molar-refractivity contribution < 1.29 is 45.0 Å². The molecule has 1 fully saturated rings. The fourth-order valence-corrected chi connectivity index (χ4v) is 6.09. The van der Waals surface area contributed by atoms with Crippen LogP contribution in [0.1, 0.15) is 55.1 Å². The molecule has 16 heteroatoms. The van der Waals surface area contributed by atoms with E-state index >= 15 is 0 Å². The maximum absolute atomic E-state index is 13.8. The van der Waals surface area contributed by atoms with Crippen LogP contribution in [0, 0.1) is 23.5 Å². The van der Waals surface area contributed by atoms with Crippen molar-refractivity contribution in [3.8, 4) is 5.75 Å². The van der Waals surface area contributed by atoms with Crippen molar-refractivity contribution in [1.29, 1.82) is 0 Å². The Morgan fingerprint density at radius 3 is 2.40 bits per heavy atom. The van der Waals surface area contributed by atoms with Gasteiger partial charge in [-0.05, 0) is 68.8 Å². The monoisotopic (exact) mass is 727 g/mol. The third kappa shape index (κ3) is 10.7. The maximum Gasteiger partial charge on any atom is 0.416 e. The van der Waals surface area contributed by atoms with Crippen LogP contribution < -0.4 is 25.0 Å². The molecule has 1 aliphatic carbocycles. The third-order valence-electron chi connectivity index (χ3n) is 8.44. The van der Waals surface area contributed by atoms with Gasteiger partial charge < -0.3 is 25.8 Å². The van der Waals surface area contributed by atoms with Crippen LogP contribution in [-0.4, -0.2) is 68.6 Å². The summed E-state index contributed by atoms with van der Waals surface area (Å²) in [5, 5.41) is 19.2. The maximum atomic E-state index is 13.8. The summed E-state index contributed by atoms with van der Waals surface area (Å²) in [6.07, 6.45) is -4.78. The van der Waals surface area contributed by atoms with Gasteiger partial charge in [0.25, 0.3) is 5.91 Å². The molecular weight excluding hydrogens is 685 g/mol. The number of aromatic nitrogens is 1. The number of carbonyl (C=O) groups excluding carboxylic acids is 1. The third-order valence-corrected chi connectivity index (χ3v) is 10.6. The quantitative estimate of drug-likeness (QED) is 0.108. The Morgan fingerprint density at radius 1 is 1.10 bits per heavy atom. The lowest BCUT2D eigenvalue weighted by Crippen LogP contribution is -2.48. The van der Waals surface area contributed by atoms with Crippen LogP contribution in [0.4, 0.5) is 33.6 Å². The van der Waals surface area contributed by atoms with Gasteiger partial charge in [-0.2, -0.15) is 13.2 Å². The molecule has 0 aliphatic heterocycles. The van der Waals surface area contributed by atoms with Crippen LogP contribution in [-0.2, 0) is 22.7 Å². The van der Waals surface area contributed by atoms with Crippen LogP contribution in [0.5, 0.6) is 5.75 Å². The molecule has 4 unspecified atom stereocenters.